The molecule has 6 nitrogen and oxygen atoms in total. The van der Waals surface area contributed by atoms with Gasteiger partial charge >= 0.3 is 0 Å². The topological polar surface area (TPSA) is 97.9 Å². The van der Waals surface area contributed by atoms with E-state index in [2.05, 4.69) is 6.07 Å². The van der Waals surface area contributed by atoms with E-state index >= 15 is 0 Å². The molecule has 0 spiro atoms. The van der Waals surface area contributed by atoms with E-state index in [0.717, 1.165) is 23.1 Å². The zero-order chi connectivity index (χ0) is 14.0. The van der Waals surface area contributed by atoms with Crippen LogP contribution in [0.25, 0.3) is 11.1 Å². The SMILES string of the molecule is CCc1cn(N)c(C#N)c1-c1ccc([N+](=O)[O-])cc1. The first-order valence-corrected chi connectivity index (χ1v) is 5.72. The molecule has 0 saturated heterocycles. The summed E-state index contributed by atoms with van der Waals surface area (Å²) in [6.07, 6.45) is 2.43. The van der Waals surface area contributed by atoms with Crippen LogP contribution in [0.5, 0.6) is 0 Å². The quantitative estimate of drug-likeness (QED) is 0.517. The molecule has 0 bridgehead atoms. The van der Waals surface area contributed by atoms with Crippen molar-refractivity contribution < 1.29 is 4.92 Å². The summed E-state index contributed by atoms with van der Waals surface area (Å²) in [6.45, 7) is 1.96. The average Bonchev–Trinajstić information content (AvgIpc) is 2.74. The Morgan fingerprint density at radius 1 is 1.42 bits per heavy atom. The number of nitrogen functional groups attached to an aromatic ring is 1. The Morgan fingerprint density at radius 2 is 2.05 bits per heavy atom. The molecular formula is C13H12N4O2. The van der Waals surface area contributed by atoms with Crippen LogP contribution in [0.4, 0.5) is 5.69 Å². The lowest BCUT2D eigenvalue weighted by Gasteiger charge is -2.03. The molecule has 1 aromatic heterocycles. The number of aryl methyl sites for hydroxylation is 1. The molecule has 0 radical (unpaired) electrons. The Bertz CT molecular complexity index is 665. The number of nitriles is 1. The van der Waals surface area contributed by atoms with Gasteiger partial charge in [-0.3, -0.25) is 14.8 Å². The maximum absolute atomic E-state index is 10.6. The number of nitrogens with zero attached hydrogens (tertiary/aromatic N) is 3. The minimum absolute atomic E-state index is 0.0208. The van der Waals surface area contributed by atoms with Crippen LogP contribution in [0.1, 0.15) is 18.2 Å². The first-order chi connectivity index (χ1) is 9.08. The second-order valence-electron chi connectivity index (χ2n) is 4.05. The lowest BCUT2D eigenvalue weighted by Crippen LogP contribution is -2.08. The van der Waals surface area contributed by atoms with Crippen molar-refractivity contribution in [2.45, 2.75) is 13.3 Å². The van der Waals surface area contributed by atoms with Crippen molar-refractivity contribution in [2.75, 3.05) is 5.84 Å². The zero-order valence-electron chi connectivity index (χ0n) is 10.3. The number of non-ortho nitro benzene ring substituents is 1. The number of nitro groups is 1. The number of hydrogen-bond donors (Lipinski definition) is 1. The fourth-order valence-electron chi connectivity index (χ4n) is 2.03. The minimum Gasteiger partial charge on any atom is -0.338 e. The van der Waals surface area contributed by atoms with Gasteiger partial charge in [-0.05, 0) is 29.7 Å². The summed E-state index contributed by atoms with van der Waals surface area (Å²) in [6, 6.07) is 8.16. The standard InChI is InChI=1S/C13H12N4O2/c1-2-9-8-16(15)12(7-14)13(9)10-3-5-11(6-4-10)17(18)19/h3-6,8H,2,15H2,1H3. The van der Waals surface area contributed by atoms with Gasteiger partial charge in [0.05, 0.1) is 4.92 Å². The maximum atomic E-state index is 10.6. The zero-order valence-corrected chi connectivity index (χ0v) is 10.3. The molecule has 2 N–H and O–H groups in total. The fraction of sp³-hybridized carbons (Fsp3) is 0.154. The molecular weight excluding hydrogens is 244 g/mol. The predicted molar refractivity (Wildman–Crippen MR) is 70.8 cm³/mol. The van der Waals surface area contributed by atoms with Gasteiger partial charge < -0.3 is 5.84 Å². The van der Waals surface area contributed by atoms with E-state index in [1.165, 1.54) is 16.8 Å². The van der Waals surface area contributed by atoms with Crippen molar-refractivity contribution in [3.05, 3.63) is 51.8 Å². The van der Waals surface area contributed by atoms with Crippen molar-refractivity contribution in [1.29, 1.82) is 5.26 Å². The molecule has 2 aromatic rings. The highest BCUT2D eigenvalue weighted by Crippen LogP contribution is 2.30. The molecule has 6 heteroatoms. The van der Waals surface area contributed by atoms with E-state index in [9.17, 15) is 10.1 Å². The molecule has 1 heterocycles. The molecule has 0 unspecified atom stereocenters. The van der Waals surface area contributed by atoms with Crippen molar-refractivity contribution in [2.24, 2.45) is 0 Å². The van der Waals surface area contributed by atoms with Crippen LogP contribution in [0.2, 0.25) is 0 Å². The summed E-state index contributed by atoms with van der Waals surface area (Å²) in [4.78, 5) is 10.2. The smallest absolute Gasteiger partial charge is 0.269 e. The largest absolute Gasteiger partial charge is 0.338 e. The molecule has 0 saturated carbocycles. The van der Waals surface area contributed by atoms with E-state index < -0.39 is 4.92 Å². The second-order valence-corrected chi connectivity index (χ2v) is 4.05. The van der Waals surface area contributed by atoms with Crippen molar-refractivity contribution >= 4 is 5.69 Å². The lowest BCUT2D eigenvalue weighted by molar-refractivity contribution is -0.384. The summed E-state index contributed by atoms with van der Waals surface area (Å²) in [7, 11) is 0. The first-order valence-electron chi connectivity index (χ1n) is 5.72. The molecule has 0 amide bonds. The van der Waals surface area contributed by atoms with E-state index in [1.54, 1.807) is 18.3 Å². The maximum Gasteiger partial charge on any atom is 0.269 e. The highest BCUT2D eigenvalue weighted by molar-refractivity contribution is 5.74. The number of nitro benzene ring substituents is 1. The first kappa shape index (κ1) is 12.6. The van der Waals surface area contributed by atoms with Crippen LogP contribution in [-0.2, 0) is 6.42 Å². The van der Waals surface area contributed by atoms with Crippen LogP contribution in [0, 0.1) is 21.4 Å². The van der Waals surface area contributed by atoms with Gasteiger partial charge in [-0.25, -0.2) is 0 Å². The highest BCUT2D eigenvalue weighted by Gasteiger charge is 2.16. The van der Waals surface area contributed by atoms with E-state index in [1.807, 2.05) is 6.92 Å². The Hall–Kier alpha value is -2.81. The Balaban J connectivity index is 2.58. The van der Waals surface area contributed by atoms with Gasteiger partial charge in [-0.2, -0.15) is 5.26 Å². The molecule has 0 atom stereocenters. The molecule has 1 aromatic carbocycles. The van der Waals surface area contributed by atoms with E-state index in [0.29, 0.717) is 5.69 Å². The van der Waals surface area contributed by atoms with Gasteiger partial charge in [0.2, 0.25) is 0 Å². The lowest BCUT2D eigenvalue weighted by atomic mass is 10.0. The van der Waals surface area contributed by atoms with Gasteiger partial charge in [-0.15, -0.1) is 0 Å². The Labute approximate surface area is 109 Å². The molecule has 0 aliphatic rings. The Kier molecular flexibility index (Phi) is 3.21. The molecule has 0 aliphatic carbocycles. The van der Waals surface area contributed by atoms with E-state index in [4.69, 9.17) is 11.1 Å². The van der Waals surface area contributed by atoms with Gasteiger partial charge in [0.25, 0.3) is 5.69 Å². The molecule has 19 heavy (non-hydrogen) atoms. The summed E-state index contributed by atoms with van der Waals surface area (Å²) in [5.41, 5.74) is 2.80. The monoisotopic (exact) mass is 256 g/mol. The minimum atomic E-state index is -0.455. The van der Waals surface area contributed by atoms with Gasteiger partial charge in [-0.1, -0.05) is 6.92 Å². The molecule has 0 fully saturated rings. The van der Waals surface area contributed by atoms with Crippen LogP contribution >= 0.6 is 0 Å². The summed E-state index contributed by atoms with van der Waals surface area (Å²) >= 11 is 0. The van der Waals surface area contributed by atoms with Crippen LogP contribution in [0.15, 0.2) is 30.5 Å². The normalized spacial score (nSPS) is 10.1. The highest BCUT2D eigenvalue weighted by atomic mass is 16.6. The molecule has 96 valence electrons. The third kappa shape index (κ3) is 2.13. The van der Waals surface area contributed by atoms with Gasteiger partial charge in [0, 0.05) is 23.9 Å². The van der Waals surface area contributed by atoms with Crippen molar-refractivity contribution in [3.8, 4) is 17.2 Å². The van der Waals surface area contributed by atoms with E-state index in [-0.39, 0.29) is 5.69 Å². The van der Waals surface area contributed by atoms with Crippen LogP contribution < -0.4 is 5.84 Å². The fourth-order valence-corrected chi connectivity index (χ4v) is 2.03. The average molecular weight is 256 g/mol. The van der Waals surface area contributed by atoms with Crippen LogP contribution in [-0.4, -0.2) is 9.60 Å². The summed E-state index contributed by atoms with van der Waals surface area (Å²) in [5.74, 6) is 5.73. The molecule has 2 rings (SSSR count). The summed E-state index contributed by atoms with van der Waals surface area (Å²) < 4.78 is 1.29. The number of aromatic nitrogens is 1. The van der Waals surface area contributed by atoms with Gasteiger partial charge in [0.15, 0.2) is 0 Å². The predicted octanol–water partition coefficient (Wildman–Crippen LogP) is 2.21. The summed E-state index contributed by atoms with van der Waals surface area (Å²) in [5, 5.41) is 19.8. The second kappa shape index (κ2) is 4.82. The Morgan fingerprint density at radius 3 is 2.53 bits per heavy atom. The number of nitrogens with two attached hydrogens (primary N) is 1. The number of rotatable bonds is 3. The third-order valence-corrected chi connectivity index (χ3v) is 2.96. The number of hydrogen-bond acceptors (Lipinski definition) is 4. The third-order valence-electron chi connectivity index (χ3n) is 2.96. The molecule has 0 aliphatic heterocycles. The number of benzene rings is 1. The van der Waals surface area contributed by atoms with Gasteiger partial charge in [0.1, 0.15) is 11.8 Å². The van der Waals surface area contributed by atoms with Crippen LogP contribution in [0.3, 0.4) is 0 Å². The van der Waals surface area contributed by atoms with Crippen molar-refractivity contribution in [3.63, 3.8) is 0 Å². The van der Waals surface area contributed by atoms with Crippen molar-refractivity contribution in [1.82, 2.24) is 4.68 Å².